The van der Waals surface area contributed by atoms with Gasteiger partial charge in [0, 0.05) is 31.9 Å². The zero-order chi connectivity index (χ0) is 18.4. The quantitative estimate of drug-likeness (QED) is 0.913. The van der Waals surface area contributed by atoms with E-state index < -0.39 is 5.60 Å². The van der Waals surface area contributed by atoms with E-state index in [1.807, 2.05) is 62.9 Å². The smallest absolute Gasteiger partial charge is 0.410 e. The SMILES string of the molecule is CC(Nc1ccccc1)C(=O)N1CCCN(C(=O)OC(C)(C)C)CC1. The Bertz CT molecular complexity index is 583. The van der Waals surface area contributed by atoms with Crippen LogP contribution in [-0.4, -0.2) is 59.6 Å². The van der Waals surface area contributed by atoms with Crippen molar-refractivity contribution in [2.75, 3.05) is 31.5 Å². The van der Waals surface area contributed by atoms with Gasteiger partial charge in [-0.2, -0.15) is 0 Å². The lowest BCUT2D eigenvalue weighted by atomic mass is 10.2. The molecule has 25 heavy (non-hydrogen) atoms. The van der Waals surface area contributed by atoms with Crippen LogP contribution in [0.25, 0.3) is 0 Å². The van der Waals surface area contributed by atoms with Gasteiger partial charge in [-0.15, -0.1) is 0 Å². The second-order valence-electron chi connectivity index (χ2n) is 7.38. The number of nitrogens with one attached hydrogen (secondary N) is 1. The average molecular weight is 347 g/mol. The van der Waals surface area contributed by atoms with Crippen LogP contribution >= 0.6 is 0 Å². The van der Waals surface area contributed by atoms with Gasteiger partial charge < -0.3 is 19.9 Å². The molecule has 0 aromatic heterocycles. The molecular weight excluding hydrogens is 318 g/mol. The summed E-state index contributed by atoms with van der Waals surface area (Å²) in [5.41, 5.74) is 0.418. The number of ether oxygens (including phenoxy) is 1. The number of hydrogen-bond donors (Lipinski definition) is 1. The monoisotopic (exact) mass is 347 g/mol. The highest BCUT2D eigenvalue weighted by Gasteiger charge is 2.27. The highest BCUT2D eigenvalue weighted by Crippen LogP contribution is 2.14. The number of amides is 2. The predicted octanol–water partition coefficient (Wildman–Crippen LogP) is 2.96. The molecule has 0 saturated carbocycles. The van der Waals surface area contributed by atoms with Gasteiger partial charge in [0.15, 0.2) is 0 Å². The first-order chi connectivity index (χ1) is 11.8. The Kier molecular flexibility index (Phi) is 6.28. The van der Waals surface area contributed by atoms with Crippen molar-refractivity contribution in [3.05, 3.63) is 30.3 Å². The van der Waals surface area contributed by atoms with Crippen molar-refractivity contribution in [3.8, 4) is 0 Å². The summed E-state index contributed by atoms with van der Waals surface area (Å²) in [6, 6.07) is 9.38. The fourth-order valence-corrected chi connectivity index (χ4v) is 2.77. The summed E-state index contributed by atoms with van der Waals surface area (Å²) in [4.78, 5) is 28.4. The van der Waals surface area contributed by atoms with Crippen molar-refractivity contribution in [2.24, 2.45) is 0 Å². The topological polar surface area (TPSA) is 61.9 Å². The first kappa shape index (κ1) is 19.1. The van der Waals surface area contributed by atoms with Crippen LogP contribution in [0.4, 0.5) is 10.5 Å². The maximum absolute atomic E-state index is 12.7. The molecule has 1 unspecified atom stereocenters. The Balaban J connectivity index is 1.89. The summed E-state index contributed by atoms with van der Waals surface area (Å²) >= 11 is 0. The van der Waals surface area contributed by atoms with Gasteiger partial charge in [0.2, 0.25) is 5.91 Å². The molecule has 1 aliphatic rings. The molecule has 1 atom stereocenters. The first-order valence-electron chi connectivity index (χ1n) is 8.84. The van der Waals surface area contributed by atoms with Gasteiger partial charge in [0.1, 0.15) is 11.6 Å². The van der Waals surface area contributed by atoms with E-state index in [1.165, 1.54) is 0 Å². The fourth-order valence-electron chi connectivity index (χ4n) is 2.77. The predicted molar refractivity (Wildman–Crippen MR) is 98.5 cm³/mol. The minimum absolute atomic E-state index is 0.0508. The molecule has 6 nitrogen and oxygen atoms in total. The third-order valence-electron chi connectivity index (χ3n) is 3.99. The molecule has 0 spiro atoms. The van der Waals surface area contributed by atoms with E-state index in [0.717, 1.165) is 12.1 Å². The minimum Gasteiger partial charge on any atom is -0.444 e. The zero-order valence-corrected chi connectivity index (χ0v) is 15.6. The number of anilines is 1. The lowest BCUT2D eigenvalue weighted by molar-refractivity contribution is -0.131. The molecule has 0 aliphatic carbocycles. The van der Waals surface area contributed by atoms with Gasteiger partial charge in [-0.3, -0.25) is 4.79 Å². The second-order valence-corrected chi connectivity index (χ2v) is 7.38. The third-order valence-corrected chi connectivity index (χ3v) is 3.99. The van der Waals surface area contributed by atoms with E-state index in [0.29, 0.717) is 26.2 Å². The molecule has 1 N–H and O–H groups in total. The average Bonchev–Trinajstić information content (AvgIpc) is 2.79. The summed E-state index contributed by atoms with van der Waals surface area (Å²) in [5, 5.41) is 3.23. The number of rotatable bonds is 3. The largest absolute Gasteiger partial charge is 0.444 e. The van der Waals surface area contributed by atoms with E-state index in [9.17, 15) is 9.59 Å². The highest BCUT2D eigenvalue weighted by atomic mass is 16.6. The standard InChI is InChI=1S/C19H29N3O3/c1-15(20-16-9-6-5-7-10-16)17(23)21-11-8-12-22(14-13-21)18(24)25-19(2,3)4/h5-7,9-10,15,20H,8,11-14H2,1-4H3. The first-order valence-corrected chi connectivity index (χ1v) is 8.84. The van der Waals surface area contributed by atoms with Gasteiger partial charge >= 0.3 is 6.09 Å². The lowest BCUT2D eigenvalue weighted by Crippen LogP contribution is -2.44. The Labute approximate surface area is 150 Å². The van der Waals surface area contributed by atoms with Gasteiger partial charge in [-0.1, -0.05) is 18.2 Å². The number of benzene rings is 1. The van der Waals surface area contributed by atoms with Crippen LogP contribution in [0.2, 0.25) is 0 Å². The summed E-state index contributed by atoms with van der Waals surface area (Å²) in [6.07, 6.45) is 0.445. The molecule has 2 amide bonds. The van der Waals surface area contributed by atoms with Crippen LogP contribution in [0.3, 0.4) is 0 Å². The molecule has 1 heterocycles. The zero-order valence-electron chi connectivity index (χ0n) is 15.6. The van der Waals surface area contributed by atoms with Crippen LogP contribution in [0.5, 0.6) is 0 Å². The summed E-state index contributed by atoms with van der Waals surface area (Å²) < 4.78 is 5.43. The summed E-state index contributed by atoms with van der Waals surface area (Å²) in [7, 11) is 0. The Morgan fingerprint density at radius 1 is 1.04 bits per heavy atom. The van der Waals surface area contributed by atoms with E-state index in [2.05, 4.69) is 5.32 Å². The van der Waals surface area contributed by atoms with Crippen LogP contribution in [-0.2, 0) is 9.53 Å². The van der Waals surface area contributed by atoms with Crippen molar-refractivity contribution >= 4 is 17.7 Å². The molecule has 1 aliphatic heterocycles. The molecule has 1 aromatic carbocycles. The maximum atomic E-state index is 12.7. The molecule has 138 valence electrons. The highest BCUT2D eigenvalue weighted by molar-refractivity contribution is 5.84. The van der Waals surface area contributed by atoms with Crippen LogP contribution in [0, 0.1) is 0 Å². The normalized spacial score (nSPS) is 16.8. The van der Waals surface area contributed by atoms with E-state index in [1.54, 1.807) is 4.90 Å². The fraction of sp³-hybridized carbons (Fsp3) is 0.579. The number of carbonyl (C=O) groups is 2. The van der Waals surface area contributed by atoms with Crippen molar-refractivity contribution in [1.29, 1.82) is 0 Å². The van der Waals surface area contributed by atoms with Gasteiger partial charge in [0.05, 0.1) is 0 Å². The van der Waals surface area contributed by atoms with Crippen molar-refractivity contribution in [3.63, 3.8) is 0 Å². The summed E-state index contributed by atoms with van der Waals surface area (Å²) in [6.45, 7) is 9.72. The van der Waals surface area contributed by atoms with E-state index in [-0.39, 0.29) is 18.0 Å². The molecule has 0 radical (unpaired) electrons. The van der Waals surface area contributed by atoms with Crippen LogP contribution < -0.4 is 5.32 Å². The molecular formula is C19H29N3O3. The summed E-state index contributed by atoms with van der Waals surface area (Å²) in [5.74, 6) is 0.0508. The number of hydrogen-bond acceptors (Lipinski definition) is 4. The van der Waals surface area contributed by atoms with Crippen LogP contribution in [0.15, 0.2) is 30.3 Å². The number of carbonyl (C=O) groups excluding carboxylic acids is 2. The molecule has 1 fully saturated rings. The number of nitrogens with zero attached hydrogens (tertiary/aromatic N) is 2. The van der Waals surface area contributed by atoms with E-state index in [4.69, 9.17) is 4.74 Å². The van der Waals surface area contributed by atoms with Crippen LogP contribution in [0.1, 0.15) is 34.1 Å². The molecule has 6 heteroatoms. The Hall–Kier alpha value is -2.24. The Morgan fingerprint density at radius 2 is 1.64 bits per heavy atom. The third kappa shape index (κ3) is 5.96. The van der Waals surface area contributed by atoms with Gasteiger partial charge in [-0.05, 0) is 46.2 Å². The van der Waals surface area contributed by atoms with E-state index >= 15 is 0 Å². The maximum Gasteiger partial charge on any atom is 0.410 e. The minimum atomic E-state index is -0.507. The molecule has 1 saturated heterocycles. The molecule has 0 bridgehead atoms. The van der Waals surface area contributed by atoms with Crippen molar-refractivity contribution in [1.82, 2.24) is 9.80 Å². The Morgan fingerprint density at radius 3 is 2.28 bits per heavy atom. The van der Waals surface area contributed by atoms with Crippen molar-refractivity contribution in [2.45, 2.75) is 45.8 Å². The molecule has 1 aromatic rings. The van der Waals surface area contributed by atoms with Gasteiger partial charge in [-0.25, -0.2) is 4.79 Å². The molecule has 2 rings (SSSR count). The number of para-hydroxylation sites is 1. The van der Waals surface area contributed by atoms with Gasteiger partial charge in [0.25, 0.3) is 0 Å². The lowest BCUT2D eigenvalue weighted by Gasteiger charge is -2.27. The second kappa shape index (κ2) is 8.23. The van der Waals surface area contributed by atoms with Crippen molar-refractivity contribution < 1.29 is 14.3 Å².